The first-order chi connectivity index (χ1) is 9.20. The number of nitrogens with zero attached hydrogens (tertiary/aromatic N) is 4. The molecule has 6 nitrogen and oxygen atoms in total. The van der Waals surface area contributed by atoms with Crippen molar-refractivity contribution < 1.29 is 9.53 Å². The molecule has 0 spiro atoms. The van der Waals surface area contributed by atoms with Gasteiger partial charge in [-0.05, 0) is 7.05 Å². The molecule has 0 aromatic heterocycles. The quantitative estimate of drug-likeness (QED) is 0.497. The molecule has 2 aliphatic heterocycles. The highest BCUT2D eigenvalue weighted by molar-refractivity contribution is 5.97. The fourth-order valence-corrected chi connectivity index (χ4v) is 2.20. The topological polar surface area (TPSA) is 59.8 Å². The molecule has 2 rings (SSSR count). The highest BCUT2D eigenvalue weighted by Gasteiger charge is 2.22. The Hall–Kier alpha value is -1.58. The van der Waals surface area contributed by atoms with Gasteiger partial charge in [0.25, 0.3) is 5.91 Å². The molecule has 0 N–H and O–H groups in total. The summed E-state index contributed by atoms with van der Waals surface area (Å²) in [7, 11) is 2.07. The first kappa shape index (κ1) is 13.8. The minimum absolute atomic E-state index is 0.176. The standard InChI is InChI=1S/C13H20N4O2/c1-15-2-4-16(5-3-15)11-12(10-14)13(18)17-6-8-19-9-7-17/h11H,2-9H2,1H3/b12-11-. The summed E-state index contributed by atoms with van der Waals surface area (Å²) in [6.07, 6.45) is 1.71. The van der Waals surface area contributed by atoms with Crippen molar-refractivity contribution >= 4 is 5.91 Å². The lowest BCUT2D eigenvalue weighted by Crippen LogP contribution is -2.43. The van der Waals surface area contributed by atoms with Crippen LogP contribution in [0.25, 0.3) is 0 Å². The highest BCUT2D eigenvalue weighted by Crippen LogP contribution is 2.08. The van der Waals surface area contributed by atoms with E-state index in [0.717, 1.165) is 26.2 Å². The Morgan fingerprint density at radius 3 is 2.37 bits per heavy atom. The first-order valence-electron chi connectivity index (χ1n) is 6.62. The van der Waals surface area contributed by atoms with Crippen LogP contribution in [0.4, 0.5) is 0 Å². The third-order valence-electron chi connectivity index (χ3n) is 3.50. The number of rotatable bonds is 2. The number of hydrogen-bond donors (Lipinski definition) is 0. The zero-order valence-electron chi connectivity index (χ0n) is 11.3. The van der Waals surface area contributed by atoms with Gasteiger partial charge in [0.1, 0.15) is 11.6 Å². The van der Waals surface area contributed by atoms with Gasteiger partial charge in [0.2, 0.25) is 0 Å². The molecule has 1 amide bonds. The lowest BCUT2D eigenvalue weighted by atomic mass is 10.2. The summed E-state index contributed by atoms with van der Waals surface area (Å²) >= 11 is 0. The summed E-state index contributed by atoms with van der Waals surface area (Å²) in [5.74, 6) is -0.176. The number of carbonyl (C=O) groups is 1. The molecule has 2 heterocycles. The summed E-state index contributed by atoms with van der Waals surface area (Å²) in [5.41, 5.74) is 0.228. The molecule has 104 valence electrons. The van der Waals surface area contributed by atoms with Crippen molar-refractivity contribution in [2.45, 2.75) is 0 Å². The van der Waals surface area contributed by atoms with E-state index in [4.69, 9.17) is 4.74 Å². The fourth-order valence-electron chi connectivity index (χ4n) is 2.20. The van der Waals surface area contributed by atoms with Gasteiger partial charge in [-0.25, -0.2) is 0 Å². The lowest BCUT2D eigenvalue weighted by molar-refractivity contribution is -0.130. The third kappa shape index (κ3) is 3.69. The average molecular weight is 264 g/mol. The molecule has 2 aliphatic rings. The molecular formula is C13H20N4O2. The number of amides is 1. The minimum atomic E-state index is -0.176. The molecule has 0 aromatic carbocycles. The Kier molecular flexibility index (Phi) is 4.77. The van der Waals surface area contributed by atoms with Crippen molar-refractivity contribution in [1.82, 2.24) is 14.7 Å². The predicted molar refractivity (Wildman–Crippen MR) is 70.2 cm³/mol. The Labute approximate surface area is 113 Å². The normalized spacial score (nSPS) is 22.2. The van der Waals surface area contributed by atoms with Crippen LogP contribution in [-0.4, -0.2) is 80.1 Å². The molecule has 0 saturated carbocycles. The number of ether oxygens (including phenoxy) is 1. The molecule has 6 heteroatoms. The smallest absolute Gasteiger partial charge is 0.266 e. The minimum Gasteiger partial charge on any atom is -0.378 e. The second kappa shape index (κ2) is 6.55. The Morgan fingerprint density at radius 2 is 1.79 bits per heavy atom. The second-order valence-corrected chi connectivity index (χ2v) is 4.90. The molecule has 2 fully saturated rings. The van der Waals surface area contributed by atoms with E-state index >= 15 is 0 Å². The predicted octanol–water partition coefficient (Wildman–Crippen LogP) is -0.500. The largest absolute Gasteiger partial charge is 0.378 e. The van der Waals surface area contributed by atoms with Crippen LogP contribution in [0.1, 0.15) is 0 Å². The maximum atomic E-state index is 12.2. The molecular weight excluding hydrogens is 244 g/mol. The SMILES string of the molecule is CN1CCN(/C=C(/C#N)C(=O)N2CCOCC2)CC1. The molecule has 2 saturated heterocycles. The van der Waals surface area contributed by atoms with E-state index < -0.39 is 0 Å². The van der Waals surface area contributed by atoms with Gasteiger partial charge in [-0.1, -0.05) is 0 Å². The van der Waals surface area contributed by atoms with E-state index in [9.17, 15) is 10.1 Å². The average Bonchev–Trinajstić information content (AvgIpc) is 2.47. The van der Waals surface area contributed by atoms with Crippen molar-refractivity contribution in [3.05, 3.63) is 11.8 Å². The van der Waals surface area contributed by atoms with Crippen molar-refractivity contribution in [3.8, 4) is 6.07 Å². The number of likely N-dealkylation sites (N-methyl/N-ethyl adjacent to an activating group) is 1. The van der Waals surface area contributed by atoms with Crippen molar-refractivity contribution in [2.24, 2.45) is 0 Å². The summed E-state index contributed by atoms with van der Waals surface area (Å²) in [6, 6.07) is 2.03. The zero-order valence-corrected chi connectivity index (χ0v) is 11.3. The zero-order chi connectivity index (χ0) is 13.7. The van der Waals surface area contributed by atoms with Crippen LogP contribution < -0.4 is 0 Å². The van der Waals surface area contributed by atoms with Crippen molar-refractivity contribution in [1.29, 1.82) is 5.26 Å². The van der Waals surface area contributed by atoms with Crippen molar-refractivity contribution in [3.63, 3.8) is 0 Å². The fraction of sp³-hybridized carbons (Fsp3) is 0.692. The Balaban J connectivity index is 1.98. The van der Waals surface area contributed by atoms with Crippen LogP contribution in [0.5, 0.6) is 0 Å². The van der Waals surface area contributed by atoms with Gasteiger partial charge in [0, 0.05) is 45.5 Å². The Morgan fingerprint density at radius 1 is 1.16 bits per heavy atom. The van der Waals surface area contributed by atoms with Gasteiger partial charge < -0.3 is 19.4 Å². The van der Waals surface area contributed by atoms with Crippen LogP contribution in [0.15, 0.2) is 11.8 Å². The van der Waals surface area contributed by atoms with E-state index in [2.05, 4.69) is 16.8 Å². The van der Waals surface area contributed by atoms with Crippen LogP contribution in [0.2, 0.25) is 0 Å². The van der Waals surface area contributed by atoms with E-state index in [-0.39, 0.29) is 11.5 Å². The molecule has 0 unspecified atom stereocenters. The summed E-state index contributed by atoms with van der Waals surface area (Å²) in [4.78, 5) is 18.2. The van der Waals surface area contributed by atoms with E-state index in [1.54, 1.807) is 11.1 Å². The number of carbonyl (C=O) groups excluding carboxylic acids is 1. The number of piperazine rings is 1. The second-order valence-electron chi connectivity index (χ2n) is 4.90. The monoisotopic (exact) mass is 264 g/mol. The van der Waals surface area contributed by atoms with Gasteiger partial charge in [-0.3, -0.25) is 4.79 Å². The summed E-state index contributed by atoms with van der Waals surface area (Å²) < 4.78 is 5.21. The number of morpholine rings is 1. The molecule has 0 radical (unpaired) electrons. The maximum Gasteiger partial charge on any atom is 0.266 e. The van der Waals surface area contributed by atoms with E-state index in [1.807, 2.05) is 6.07 Å². The van der Waals surface area contributed by atoms with Crippen LogP contribution in [-0.2, 0) is 9.53 Å². The van der Waals surface area contributed by atoms with E-state index in [1.165, 1.54) is 0 Å². The lowest BCUT2D eigenvalue weighted by Gasteiger charge is -2.32. The van der Waals surface area contributed by atoms with Gasteiger partial charge in [0.05, 0.1) is 13.2 Å². The third-order valence-corrected chi connectivity index (χ3v) is 3.50. The Bertz CT molecular complexity index is 388. The molecule has 0 atom stereocenters. The van der Waals surface area contributed by atoms with Crippen LogP contribution in [0, 0.1) is 11.3 Å². The van der Waals surface area contributed by atoms with Gasteiger partial charge in [-0.15, -0.1) is 0 Å². The summed E-state index contributed by atoms with van der Waals surface area (Å²) in [5, 5.41) is 9.18. The van der Waals surface area contributed by atoms with Crippen LogP contribution in [0.3, 0.4) is 0 Å². The molecule has 19 heavy (non-hydrogen) atoms. The highest BCUT2D eigenvalue weighted by atomic mass is 16.5. The van der Waals surface area contributed by atoms with Gasteiger partial charge >= 0.3 is 0 Å². The first-order valence-corrected chi connectivity index (χ1v) is 6.62. The van der Waals surface area contributed by atoms with Crippen molar-refractivity contribution in [2.75, 3.05) is 59.5 Å². The van der Waals surface area contributed by atoms with E-state index in [0.29, 0.717) is 26.3 Å². The molecule has 0 bridgehead atoms. The van der Waals surface area contributed by atoms with Gasteiger partial charge in [0.15, 0.2) is 0 Å². The maximum absolute atomic E-state index is 12.2. The van der Waals surface area contributed by atoms with Gasteiger partial charge in [-0.2, -0.15) is 5.26 Å². The molecule has 0 aromatic rings. The number of hydrogen-bond acceptors (Lipinski definition) is 5. The molecule has 0 aliphatic carbocycles. The van der Waals surface area contributed by atoms with Crippen LogP contribution >= 0.6 is 0 Å². The summed E-state index contributed by atoms with van der Waals surface area (Å²) in [6.45, 7) is 5.89. The number of nitriles is 1.